The summed E-state index contributed by atoms with van der Waals surface area (Å²) in [7, 11) is 3.54. The number of rotatable bonds is 11. The number of aliphatic hydroxyl groups excluding tert-OH is 1. The third-order valence-electron chi connectivity index (χ3n) is 6.23. The van der Waals surface area contributed by atoms with Gasteiger partial charge in [0.1, 0.15) is 12.4 Å². The summed E-state index contributed by atoms with van der Waals surface area (Å²) in [5, 5.41) is 22.7. The highest BCUT2D eigenvalue weighted by molar-refractivity contribution is 6.00. The maximum absolute atomic E-state index is 13.5. The molecule has 38 heavy (non-hydrogen) atoms. The Hall–Kier alpha value is -4.13. The topological polar surface area (TPSA) is 121 Å². The molecule has 1 aliphatic rings. The number of hydrogen-bond acceptors (Lipinski definition) is 9. The number of hydrogen-bond donors (Lipinski definition) is 2. The van der Waals surface area contributed by atoms with Gasteiger partial charge in [-0.3, -0.25) is 4.90 Å². The number of likely N-dealkylation sites (N-methyl/N-ethyl adjacent to an activating group) is 1. The Kier molecular flexibility index (Phi) is 10.0. The van der Waals surface area contributed by atoms with Gasteiger partial charge in [-0.25, -0.2) is 9.59 Å². The lowest BCUT2D eigenvalue weighted by Gasteiger charge is -2.31. The number of dihydropyridines is 1. The number of aliphatic hydroxyl groups is 1. The largest absolute Gasteiger partial charge is 0.497 e. The van der Waals surface area contributed by atoms with Gasteiger partial charge in [-0.2, -0.15) is 5.26 Å². The molecule has 200 valence electrons. The number of carbonyl (C=O) groups excluding carboxylic acids is 2. The minimum absolute atomic E-state index is 0.0752. The van der Waals surface area contributed by atoms with E-state index < -0.39 is 24.5 Å². The molecule has 0 aromatic heterocycles. The van der Waals surface area contributed by atoms with Crippen LogP contribution < -0.4 is 10.1 Å². The molecule has 0 fully saturated rings. The number of nitriles is 1. The van der Waals surface area contributed by atoms with Crippen LogP contribution in [0.1, 0.15) is 36.5 Å². The quantitative estimate of drug-likeness (QED) is 0.432. The number of nitrogens with zero attached hydrogens (tertiary/aromatic N) is 2. The normalized spacial score (nSPS) is 15.1. The lowest BCUT2D eigenvalue weighted by atomic mass is 9.78. The van der Waals surface area contributed by atoms with Crippen LogP contribution in [-0.2, 0) is 25.6 Å². The summed E-state index contributed by atoms with van der Waals surface area (Å²) in [6.07, 6.45) is 0. The fourth-order valence-electron chi connectivity index (χ4n) is 4.40. The van der Waals surface area contributed by atoms with Crippen molar-refractivity contribution in [3.63, 3.8) is 0 Å². The van der Waals surface area contributed by atoms with E-state index >= 15 is 0 Å². The Morgan fingerprint density at radius 3 is 2.39 bits per heavy atom. The molecule has 0 amide bonds. The molecule has 0 aliphatic carbocycles. The molecule has 0 saturated carbocycles. The van der Waals surface area contributed by atoms with Gasteiger partial charge in [0.2, 0.25) is 0 Å². The van der Waals surface area contributed by atoms with Crippen LogP contribution in [0.4, 0.5) is 0 Å². The van der Waals surface area contributed by atoms with Crippen molar-refractivity contribution in [1.82, 2.24) is 10.2 Å². The van der Waals surface area contributed by atoms with Gasteiger partial charge in [0.25, 0.3) is 0 Å². The molecule has 1 atom stereocenters. The van der Waals surface area contributed by atoms with E-state index in [1.165, 1.54) is 0 Å². The van der Waals surface area contributed by atoms with Crippen LogP contribution in [0.5, 0.6) is 5.75 Å². The highest BCUT2D eigenvalue weighted by Crippen LogP contribution is 2.40. The standard InChI is InChI=1S/C29H33N3O6/c1-5-37-29(35)27-24(18-33)31-19(2)25(26(27)23-9-7-6-8-21(23)16-30)28(34)38-15-14-32(3)17-20-10-12-22(36-4)13-11-20/h6-13,26,31,33H,5,14-15,17-18H2,1-4H3. The summed E-state index contributed by atoms with van der Waals surface area (Å²) in [6.45, 7) is 4.21. The molecule has 1 unspecified atom stereocenters. The minimum Gasteiger partial charge on any atom is -0.497 e. The van der Waals surface area contributed by atoms with E-state index in [4.69, 9.17) is 14.2 Å². The van der Waals surface area contributed by atoms with Gasteiger partial charge >= 0.3 is 11.9 Å². The smallest absolute Gasteiger partial charge is 0.336 e. The maximum atomic E-state index is 13.5. The number of carbonyl (C=O) groups is 2. The molecule has 9 heteroatoms. The van der Waals surface area contributed by atoms with Gasteiger partial charge in [-0.1, -0.05) is 30.3 Å². The van der Waals surface area contributed by atoms with Crippen LogP contribution in [0.15, 0.2) is 71.1 Å². The highest BCUT2D eigenvalue weighted by Gasteiger charge is 2.39. The zero-order valence-corrected chi connectivity index (χ0v) is 22.1. The number of ether oxygens (including phenoxy) is 3. The van der Waals surface area contributed by atoms with Crippen molar-refractivity contribution in [3.8, 4) is 11.8 Å². The lowest BCUT2D eigenvalue weighted by molar-refractivity contribution is -0.140. The van der Waals surface area contributed by atoms with Crippen LogP contribution in [0.3, 0.4) is 0 Å². The average molecular weight is 520 g/mol. The van der Waals surface area contributed by atoms with Gasteiger partial charge < -0.3 is 24.6 Å². The van der Waals surface area contributed by atoms with Crippen molar-refractivity contribution < 1.29 is 28.9 Å². The molecule has 1 heterocycles. The molecule has 0 saturated heterocycles. The predicted octanol–water partition coefficient (Wildman–Crippen LogP) is 3.01. The van der Waals surface area contributed by atoms with Crippen LogP contribution in [0, 0.1) is 11.3 Å². The van der Waals surface area contributed by atoms with Gasteiger partial charge in [-0.15, -0.1) is 0 Å². The first-order valence-corrected chi connectivity index (χ1v) is 12.3. The predicted molar refractivity (Wildman–Crippen MR) is 141 cm³/mol. The van der Waals surface area contributed by atoms with E-state index in [-0.39, 0.29) is 30.1 Å². The number of esters is 2. The minimum atomic E-state index is -0.946. The molecular weight excluding hydrogens is 486 g/mol. The summed E-state index contributed by atoms with van der Waals surface area (Å²) in [5.41, 5.74) is 2.75. The van der Waals surface area contributed by atoms with Crippen molar-refractivity contribution >= 4 is 11.9 Å². The molecule has 2 aromatic carbocycles. The third kappa shape index (κ3) is 6.59. The van der Waals surface area contributed by atoms with Gasteiger partial charge in [0.15, 0.2) is 0 Å². The summed E-state index contributed by atoms with van der Waals surface area (Å²) in [5.74, 6) is -1.47. The number of allylic oxidation sites excluding steroid dienone is 1. The average Bonchev–Trinajstić information content (AvgIpc) is 2.92. The van der Waals surface area contributed by atoms with E-state index in [9.17, 15) is 20.0 Å². The number of methoxy groups -OCH3 is 1. The van der Waals surface area contributed by atoms with E-state index in [1.807, 2.05) is 36.2 Å². The molecule has 3 rings (SSSR count). The van der Waals surface area contributed by atoms with Crippen molar-refractivity contribution in [2.45, 2.75) is 26.3 Å². The molecule has 9 nitrogen and oxygen atoms in total. The molecule has 0 bridgehead atoms. The van der Waals surface area contributed by atoms with E-state index in [0.717, 1.165) is 11.3 Å². The molecule has 0 spiro atoms. The first-order valence-electron chi connectivity index (χ1n) is 12.3. The summed E-state index contributed by atoms with van der Waals surface area (Å²) >= 11 is 0. The Labute approximate surface area is 222 Å². The van der Waals surface area contributed by atoms with Crippen LogP contribution >= 0.6 is 0 Å². The SMILES string of the molecule is CCOC(=O)C1=C(CO)NC(C)=C(C(=O)OCCN(C)Cc2ccc(OC)cc2)C1c1ccccc1C#N. The van der Waals surface area contributed by atoms with Gasteiger partial charge in [0.05, 0.1) is 54.7 Å². The third-order valence-corrected chi connectivity index (χ3v) is 6.23. The van der Waals surface area contributed by atoms with E-state index in [2.05, 4.69) is 11.4 Å². The first-order chi connectivity index (χ1) is 18.3. The van der Waals surface area contributed by atoms with Crippen LogP contribution in [0.2, 0.25) is 0 Å². The molecular formula is C29H33N3O6. The Morgan fingerprint density at radius 1 is 1.08 bits per heavy atom. The van der Waals surface area contributed by atoms with Crippen molar-refractivity contribution in [3.05, 3.63) is 87.8 Å². The number of nitrogens with one attached hydrogen (secondary N) is 1. The Bertz CT molecular complexity index is 1260. The fraction of sp³-hybridized carbons (Fsp3) is 0.345. The zero-order valence-electron chi connectivity index (χ0n) is 22.1. The Balaban J connectivity index is 1.83. The molecule has 2 aromatic rings. The van der Waals surface area contributed by atoms with E-state index in [1.54, 1.807) is 45.2 Å². The number of benzene rings is 2. The molecule has 0 radical (unpaired) electrons. The van der Waals surface area contributed by atoms with Crippen molar-refractivity contribution in [2.75, 3.05) is 40.5 Å². The van der Waals surface area contributed by atoms with Gasteiger partial charge in [0, 0.05) is 18.8 Å². The molecule has 1 aliphatic heterocycles. The second kappa shape index (κ2) is 13.4. The summed E-state index contributed by atoms with van der Waals surface area (Å²) < 4.78 is 16.1. The monoisotopic (exact) mass is 519 g/mol. The fourth-order valence-corrected chi connectivity index (χ4v) is 4.40. The molecule has 2 N–H and O–H groups in total. The summed E-state index contributed by atoms with van der Waals surface area (Å²) in [4.78, 5) is 28.5. The summed E-state index contributed by atoms with van der Waals surface area (Å²) in [6, 6.07) is 16.6. The highest BCUT2D eigenvalue weighted by atomic mass is 16.5. The first kappa shape index (κ1) is 28.4. The van der Waals surface area contributed by atoms with Crippen LogP contribution in [0.25, 0.3) is 0 Å². The van der Waals surface area contributed by atoms with Crippen molar-refractivity contribution in [1.29, 1.82) is 5.26 Å². The second-order valence-electron chi connectivity index (χ2n) is 8.79. The van der Waals surface area contributed by atoms with E-state index in [0.29, 0.717) is 29.9 Å². The van der Waals surface area contributed by atoms with Gasteiger partial charge in [-0.05, 0) is 50.2 Å². The maximum Gasteiger partial charge on any atom is 0.336 e. The zero-order chi connectivity index (χ0) is 27.7. The Morgan fingerprint density at radius 2 is 1.76 bits per heavy atom. The van der Waals surface area contributed by atoms with Crippen LogP contribution in [-0.4, -0.2) is 62.5 Å². The lowest BCUT2D eigenvalue weighted by Crippen LogP contribution is -2.35. The van der Waals surface area contributed by atoms with Crippen molar-refractivity contribution in [2.24, 2.45) is 0 Å². The second-order valence-corrected chi connectivity index (χ2v) is 8.79.